The molecule has 6 nitrogen and oxygen atoms in total. The van der Waals surface area contributed by atoms with E-state index in [9.17, 15) is 13.2 Å². The molecule has 0 saturated heterocycles. The zero-order valence-corrected chi connectivity index (χ0v) is 14.6. The van der Waals surface area contributed by atoms with E-state index >= 15 is 0 Å². The lowest BCUT2D eigenvalue weighted by atomic mass is 10.0. The lowest BCUT2D eigenvalue weighted by molar-refractivity contribution is 0.466. The topological polar surface area (TPSA) is 95.1 Å². The number of nitrogens with zero attached hydrogens (tertiary/aromatic N) is 2. The molecule has 0 spiro atoms. The van der Waals surface area contributed by atoms with Crippen molar-refractivity contribution in [3.8, 4) is 0 Å². The highest BCUT2D eigenvalue weighted by molar-refractivity contribution is 7.89. The number of para-hydroxylation sites is 1. The van der Waals surface area contributed by atoms with Crippen LogP contribution < -0.4 is 10.7 Å². The van der Waals surface area contributed by atoms with Crippen LogP contribution in [-0.4, -0.2) is 18.0 Å². The van der Waals surface area contributed by atoms with E-state index in [-0.39, 0.29) is 16.5 Å². The molecule has 0 saturated carbocycles. The molecule has 1 aromatic heterocycles. The third kappa shape index (κ3) is 3.62. The molecule has 2 aromatic carbocycles. The fourth-order valence-electron chi connectivity index (χ4n) is 2.87. The zero-order valence-electron chi connectivity index (χ0n) is 13.8. The first-order valence-electron chi connectivity index (χ1n) is 7.97. The maximum atomic E-state index is 12.7. The summed E-state index contributed by atoms with van der Waals surface area (Å²) >= 11 is 0. The smallest absolute Gasteiger partial charge is 0.261 e. The van der Waals surface area contributed by atoms with E-state index in [4.69, 9.17) is 5.14 Å². The molecule has 0 bridgehead atoms. The number of nitrogens with two attached hydrogens (primary N) is 1. The van der Waals surface area contributed by atoms with Crippen molar-refractivity contribution in [3.05, 3.63) is 70.8 Å². The number of primary sulfonamides is 1. The van der Waals surface area contributed by atoms with Crippen LogP contribution in [0.3, 0.4) is 0 Å². The predicted molar refractivity (Wildman–Crippen MR) is 96.9 cm³/mol. The molecular weight excluding hydrogens is 338 g/mol. The van der Waals surface area contributed by atoms with Gasteiger partial charge in [0.1, 0.15) is 0 Å². The molecule has 0 aliphatic heterocycles. The van der Waals surface area contributed by atoms with Crippen LogP contribution in [0.1, 0.15) is 24.9 Å². The first kappa shape index (κ1) is 17.3. The van der Waals surface area contributed by atoms with Gasteiger partial charge in [0, 0.05) is 6.04 Å². The summed E-state index contributed by atoms with van der Waals surface area (Å²) in [5.74, 6) is 0. The van der Waals surface area contributed by atoms with Gasteiger partial charge >= 0.3 is 0 Å². The minimum Gasteiger partial charge on any atom is -0.295 e. The van der Waals surface area contributed by atoms with E-state index in [1.165, 1.54) is 12.1 Å². The summed E-state index contributed by atoms with van der Waals surface area (Å²) in [7, 11) is -3.70. The zero-order chi connectivity index (χ0) is 18.0. The maximum Gasteiger partial charge on any atom is 0.261 e. The lowest BCUT2D eigenvalue weighted by Gasteiger charge is -2.18. The number of hydrogen-bond donors (Lipinski definition) is 1. The van der Waals surface area contributed by atoms with Gasteiger partial charge in [-0.15, -0.1) is 0 Å². The average molecular weight is 357 g/mol. The molecule has 1 unspecified atom stereocenters. The van der Waals surface area contributed by atoms with E-state index in [2.05, 4.69) is 4.98 Å². The van der Waals surface area contributed by atoms with Gasteiger partial charge in [-0.05, 0) is 42.7 Å². The quantitative estimate of drug-likeness (QED) is 0.757. The van der Waals surface area contributed by atoms with Crippen LogP contribution in [0.2, 0.25) is 0 Å². The Balaban J connectivity index is 1.93. The summed E-state index contributed by atoms with van der Waals surface area (Å²) < 4.78 is 24.3. The Morgan fingerprint density at radius 3 is 2.44 bits per heavy atom. The number of sulfonamides is 1. The Bertz CT molecular complexity index is 1060. The average Bonchev–Trinajstić information content (AvgIpc) is 2.60. The molecule has 0 radical (unpaired) electrons. The summed E-state index contributed by atoms with van der Waals surface area (Å²) in [6.45, 7) is 2.00. The summed E-state index contributed by atoms with van der Waals surface area (Å²) in [6, 6.07) is 13.6. The number of aromatic nitrogens is 2. The van der Waals surface area contributed by atoms with Crippen LogP contribution in [0.15, 0.2) is 64.5 Å². The molecule has 1 heterocycles. The SMILES string of the molecule is CCC(Cc1ccc(S(N)(=O)=O)cc1)n1cnc2ccccc2c1=O. The van der Waals surface area contributed by atoms with Gasteiger partial charge in [0.05, 0.1) is 22.1 Å². The fraction of sp³-hybridized carbons (Fsp3) is 0.222. The van der Waals surface area contributed by atoms with Crippen LogP contribution in [0.4, 0.5) is 0 Å². The highest BCUT2D eigenvalue weighted by Crippen LogP contribution is 2.19. The Morgan fingerprint density at radius 2 is 1.80 bits per heavy atom. The molecule has 25 heavy (non-hydrogen) atoms. The van der Waals surface area contributed by atoms with Crippen molar-refractivity contribution < 1.29 is 8.42 Å². The highest BCUT2D eigenvalue weighted by Gasteiger charge is 2.14. The molecule has 3 aromatic rings. The Morgan fingerprint density at radius 1 is 1.12 bits per heavy atom. The van der Waals surface area contributed by atoms with Crippen LogP contribution >= 0.6 is 0 Å². The lowest BCUT2D eigenvalue weighted by Crippen LogP contribution is -2.26. The first-order chi connectivity index (χ1) is 11.9. The molecule has 3 rings (SSSR count). The standard InChI is InChI=1S/C18H19N3O3S/c1-2-14(11-13-7-9-15(10-8-13)25(19,23)24)21-12-20-17-6-4-3-5-16(17)18(21)22/h3-10,12,14H,2,11H2,1H3,(H2,19,23,24). The normalized spacial score (nSPS) is 13.0. The summed E-state index contributed by atoms with van der Waals surface area (Å²) in [4.78, 5) is 17.2. The molecule has 0 fully saturated rings. The van der Waals surface area contributed by atoms with Crippen LogP contribution in [0.25, 0.3) is 10.9 Å². The van der Waals surface area contributed by atoms with E-state index in [1.807, 2.05) is 25.1 Å². The minimum atomic E-state index is -3.70. The highest BCUT2D eigenvalue weighted by atomic mass is 32.2. The molecule has 0 amide bonds. The third-order valence-corrected chi connectivity index (χ3v) is 5.21. The second kappa shape index (κ2) is 6.78. The van der Waals surface area contributed by atoms with E-state index in [0.717, 1.165) is 12.0 Å². The molecule has 0 aliphatic carbocycles. The number of fused-ring (bicyclic) bond motifs is 1. The molecule has 2 N–H and O–H groups in total. The monoisotopic (exact) mass is 357 g/mol. The van der Waals surface area contributed by atoms with E-state index < -0.39 is 10.0 Å². The number of rotatable bonds is 5. The minimum absolute atomic E-state index is 0.0649. The van der Waals surface area contributed by atoms with Gasteiger partial charge < -0.3 is 0 Å². The van der Waals surface area contributed by atoms with Gasteiger partial charge in [0.2, 0.25) is 10.0 Å². The largest absolute Gasteiger partial charge is 0.295 e. The molecule has 7 heteroatoms. The summed E-state index contributed by atoms with van der Waals surface area (Å²) in [6.07, 6.45) is 2.93. The van der Waals surface area contributed by atoms with Crippen LogP contribution in [0, 0.1) is 0 Å². The molecule has 1 atom stereocenters. The summed E-state index contributed by atoms with van der Waals surface area (Å²) in [5.41, 5.74) is 1.54. The van der Waals surface area contributed by atoms with Crippen molar-refractivity contribution in [2.45, 2.75) is 30.7 Å². The van der Waals surface area contributed by atoms with Crippen molar-refractivity contribution in [1.82, 2.24) is 9.55 Å². The van der Waals surface area contributed by atoms with E-state index in [1.54, 1.807) is 29.1 Å². The molecule has 130 valence electrons. The predicted octanol–water partition coefficient (Wildman–Crippen LogP) is 2.24. The van der Waals surface area contributed by atoms with Gasteiger partial charge in [-0.25, -0.2) is 18.5 Å². The number of hydrogen-bond acceptors (Lipinski definition) is 4. The van der Waals surface area contributed by atoms with Crippen molar-refractivity contribution in [3.63, 3.8) is 0 Å². The molecular formula is C18H19N3O3S. The summed E-state index contributed by atoms with van der Waals surface area (Å²) in [5, 5.41) is 5.71. The van der Waals surface area contributed by atoms with Crippen molar-refractivity contribution in [2.75, 3.05) is 0 Å². The van der Waals surface area contributed by atoms with Crippen molar-refractivity contribution in [2.24, 2.45) is 5.14 Å². The second-order valence-electron chi connectivity index (χ2n) is 5.93. The van der Waals surface area contributed by atoms with Gasteiger partial charge in [0.25, 0.3) is 5.56 Å². The van der Waals surface area contributed by atoms with Crippen molar-refractivity contribution in [1.29, 1.82) is 0 Å². The third-order valence-electron chi connectivity index (χ3n) is 4.28. The van der Waals surface area contributed by atoms with Crippen molar-refractivity contribution >= 4 is 20.9 Å². The van der Waals surface area contributed by atoms with Gasteiger partial charge in [-0.2, -0.15) is 0 Å². The Labute approximate surface area is 146 Å². The molecule has 0 aliphatic rings. The van der Waals surface area contributed by atoms with Crippen LogP contribution in [0.5, 0.6) is 0 Å². The van der Waals surface area contributed by atoms with Gasteiger partial charge in [0.15, 0.2) is 0 Å². The number of benzene rings is 2. The van der Waals surface area contributed by atoms with Crippen LogP contribution in [-0.2, 0) is 16.4 Å². The van der Waals surface area contributed by atoms with E-state index in [0.29, 0.717) is 17.3 Å². The van der Waals surface area contributed by atoms with Gasteiger partial charge in [-0.1, -0.05) is 31.2 Å². The fourth-order valence-corrected chi connectivity index (χ4v) is 3.39. The first-order valence-corrected chi connectivity index (χ1v) is 9.52. The Kier molecular flexibility index (Phi) is 4.69. The van der Waals surface area contributed by atoms with Gasteiger partial charge in [-0.3, -0.25) is 9.36 Å². The maximum absolute atomic E-state index is 12.7. The Hall–Kier alpha value is -2.51. The second-order valence-corrected chi connectivity index (χ2v) is 7.49.